The van der Waals surface area contributed by atoms with Crippen molar-refractivity contribution in [1.29, 1.82) is 0 Å². The number of urea groups is 1. The molecule has 2 amide bonds. The maximum atomic E-state index is 11.4. The fourth-order valence-electron chi connectivity index (χ4n) is 1.28. The molecule has 0 aromatic rings. The normalized spacial score (nSPS) is 11.3. The first-order chi connectivity index (χ1) is 8.60. The van der Waals surface area contributed by atoms with Gasteiger partial charge < -0.3 is 15.7 Å². The van der Waals surface area contributed by atoms with E-state index in [1.807, 2.05) is 6.92 Å². The van der Waals surface area contributed by atoms with Crippen LogP contribution in [-0.4, -0.2) is 41.7 Å². The molecular weight excluding hydrogens is 252 g/mol. The van der Waals surface area contributed by atoms with Crippen molar-refractivity contribution in [3.8, 4) is 12.3 Å². The Labute approximate surface area is 112 Å². The van der Waals surface area contributed by atoms with Gasteiger partial charge in [0.15, 0.2) is 0 Å². The molecule has 0 rings (SSSR count). The van der Waals surface area contributed by atoms with Crippen molar-refractivity contribution < 1.29 is 14.7 Å². The van der Waals surface area contributed by atoms with E-state index in [0.29, 0.717) is 18.8 Å². The lowest BCUT2D eigenvalue weighted by atomic mass is 10.0. The first-order valence-corrected chi connectivity index (χ1v) is 7.00. The monoisotopic (exact) mass is 272 g/mol. The van der Waals surface area contributed by atoms with Crippen molar-refractivity contribution in [2.75, 3.05) is 24.6 Å². The van der Waals surface area contributed by atoms with E-state index in [0.717, 1.165) is 12.2 Å². The molecule has 0 saturated heterocycles. The molecule has 18 heavy (non-hydrogen) atoms. The number of carbonyl (C=O) groups excluding carboxylic acids is 1. The molecule has 0 aliphatic heterocycles. The Hall–Kier alpha value is -1.35. The van der Waals surface area contributed by atoms with Gasteiger partial charge in [0, 0.05) is 25.3 Å². The molecule has 102 valence electrons. The van der Waals surface area contributed by atoms with E-state index in [1.165, 1.54) is 0 Å². The van der Waals surface area contributed by atoms with Crippen molar-refractivity contribution in [2.45, 2.75) is 19.8 Å². The van der Waals surface area contributed by atoms with Crippen LogP contribution in [0.5, 0.6) is 0 Å². The molecule has 0 radical (unpaired) electrons. The summed E-state index contributed by atoms with van der Waals surface area (Å²) >= 11 is 1.58. The van der Waals surface area contributed by atoms with E-state index in [4.69, 9.17) is 11.5 Å². The fourth-order valence-corrected chi connectivity index (χ4v) is 1.78. The van der Waals surface area contributed by atoms with Gasteiger partial charge >= 0.3 is 12.0 Å². The number of rotatable bonds is 9. The standard InChI is InChI=1S/C12H20N2O3S/c1-3-6-18-7-5-13-12(17)14-9-10(4-2)8-11(15)16/h1,10H,4-9H2,2H3,(H,15,16)(H2,13,14,17). The Bertz CT molecular complexity index is 302. The average Bonchev–Trinajstić information content (AvgIpc) is 2.33. The topological polar surface area (TPSA) is 78.4 Å². The third-order valence-electron chi connectivity index (χ3n) is 2.31. The molecule has 6 heteroatoms. The Kier molecular flexibility index (Phi) is 9.97. The van der Waals surface area contributed by atoms with Crippen LogP contribution in [0, 0.1) is 18.3 Å². The van der Waals surface area contributed by atoms with E-state index in [-0.39, 0.29) is 18.4 Å². The summed E-state index contributed by atoms with van der Waals surface area (Å²) in [7, 11) is 0. The average molecular weight is 272 g/mol. The predicted octanol–water partition coefficient (Wildman–Crippen LogP) is 1.15. The molecule has 0 aromatic carbocycles. The SMILES string of the molecule is C#CCSCCNC(=O)NCC(CC)CC(=O)O. The summed E-state index contributed by atoms with van der Waals surface area (Å²) in [6, 6.07) is -0.264. The lowest BCUT2D eigenvalue weighted by Gasteiger charge is -2.13. The molecule has 0 aliphatic rings. The van der Waals surface area contributed by atoms with Crippen LogP contribution in [-0.2, 0) is 4.79 Å². The molecule has 0 saturated carbocycles. The first kappa shape index (κ1) is 16.6. The Morgan fingerprint density at radius 3 is 2.72 bits per heavy atom. The van der Waals surface area contributed by atoms with Gasteiger partial charge in [0.05, 0.1) is 5.75 Å². The van der Waals surface area contributed by atoms with Gasteiger partial charge in [-0.15, -0.1) is 18.2 Å². The van der Waals surface area contributed by atoms with E-state index in [2.05, 4.69) is 16.6 Å². The van der Waals surface area contributed by atoms with Crippen LogP contribution in [0.2, 0.25) is 0 Å². The number of hydrogen-bond acceptors (Lipinski definition) is 3. The number of aliphatic carboxylic acids is 1. The van der Waals surface area contributed by atoms with Gasteiger partial charge in [-0.25, -0.2) is 4.79 Å². The van der Waals surface area contributed by atoms with Crippen molar-refractivity contribution in [3.05, 3.63) is 0 Å². The summed E-state index contributed by atoms with van der Waals surface area (Å²) in [6.45, 7) is 2.84. The third-order valence-corrected chi connectivity index (χ3v) is 3.17. The summed E-state index contributed by atoms with van der Waals surface area (Å²) in [6.07, 6.45) is 5.89. The minimum Gasteiger partial charge on any atom is -0.481 e. The minimum absolute atomic E-state index is 0.0240. The zero-order valence-corrected chi connectivity index (χ0v) is 11.4. The molecule has 0 bridgehead atoms. The zero-order chi connectivity index (χ0) is 13.8. The molecule has 0 heterocycles. The Morgan fingerprint density at radius 1 is 1.44 bits per heavy atom. The summed E-state index contributed by atoms with van der Waals surface area (Å²) in [5.41, 5.74) is 0. The summed E-state index contributed by atoms with van der Waals surface area (Å²) in [5, 5.41) is 14.0. The molecule has 5 nitrogen and oxygen atoms in total. The van der Waals surface area contributed by atoms with Crippen LogP contribution >= 0.6 is 11.8 Å². The van der Waals surface area contributed by atoms with Crippen LogP contribution in [0.15, 0.2) is 0 Å². The molecule has 1 atom stereocenters. The number of amides is 2. The summed E-state index contributed by atoms with van der Waals surface area (Å²) in [4.78, 5) is 21.9. The second kappa shape index (κ2) is 10.8. The predicted molar refractivity (Wildman–Crippen MR) is 73.6 cm³/mol. The lowest BCUT2D eigenvalue weighted by molar-refractivity contribution is -0.138. The smallest absolute Gasteiger partial charge is 0.314 e. The largest absolute Gasteiger partial charge is 0.481 e. The number of carbonyl (C=O) groups is 2. The molecule has 0 aliphatic carbocycles. The highest BCUT2D eigenvalue weighted by atomic mass is 32.2. The molecule has 3 N–H and O–H groups in total. The van der Waals surface area contributed by atoms with Crippen LogP contribution < -0.4 is 10.6 Å². The van der Waals surface area contributed by atoms with Crippen LogP contribution in [0.25, 0.3) is 0 Å². The Morgan fingerprint density at radius 2 is 2.17 bits per heavy atom. The number of carboxylic acids is 1. The van der Waals surface area contributed by atoms with Gasteiger partial charge in [-0.1, -0.05) is 19.3 Å². The fraction of sp³-hybridized carbons (Fsp3) is 0.667. The van der Waals surface area contributed by atoms with E-state index in [1.54, 1.807) is 11.8 Å². The van der Waals surface area contributed by atoms with Gasteiger partial charge in [-0.2, -0.15) is 0 Å². The quantitative estimate of drug-likeness (QED) is 0.434. The minimum atomic E-state index is -0.838. The zero-order valence-electron chi connectivity index (χ0n) is 10.6. The molecule has 0 aromatic heterocycles. The molecule has 1 unspecified atom stereocenters. The highest BCUT2D eigenvalue weighted by molar-refractivity contribution is 7.99. The second-order valence-electron chi connectivity index (χ2n) is 3.77. The maximum absolute atomic E-state index is 11.4. The van der Waals surface area contributed by atoms with Crippen molar-refractivity contribution in [2.24, 2.45) is 5.92 Å². The van der Waals surface area contributed by atoms with E-state index >= 15 is 0 Å². The number of carboxylic acid groups (broad SMARTS) is 1. The molecule has 0 fully saturated rings. The van der Waals surface area contributed by atoms with E-state index < -0.39 is 5.97 Å². The van der Waals surface area contributed by atoms with Gasteiger partial charge in [0.2, 0.25) is 0 Å². The van der Waals surface area contributed by atoms with E-state index in [9.17, 15) is 9.59 Å². The van der Waals surface area contributed by atoms with Crippen molar-refractivity contribution >= 4 is 23.8 Å². The summed E-state index contributed by atoms with van der Waals surface area (Å²) in [5.74, 6) is 3.05. The third kappa shape index (κ3) is 9.85. The lowest BCUT2D eigenvalue weighted by Crippen LogP contribution is -2.39. The maximum Gasteiger partial charge on any atom is 0.314 e. The number of thioether (sulfide) groups is 1. The molecular formula is C12H20N2O3S. The van der Waals surface area contributed by atoms with Gasteiger partial charge in [0.25, 0.3) is 0 Å². The number of terminal acetylenes is 1. The van der Waals surface area contributed by atoms with Gasteiger partial charge in [-0.05, 0) is 5.92 Å². The van der Waals surface area contributed by atoms with Gasteiger partial charge in [-0.3, -0.25) is 4.79 Å². The number of nitrogens with one attached hydrogen (secondary N) is 2. The number of hydrogen-bond donors (Lipinski definition) is 3. The molecule has 0 spiro atoms. The Balaban J connectivity index is 3.62. The van der Waals surface area contributed by atoms with Crippen molar-refractivity contribution in [1.82, 2.24) is 10.6 Å². The highest BCUT2D eigenvalue weighted by Crippen LogP contribution is 2.06. The summed E-state index contributed by atoms with van der Waals surface area (Å²) < 4.78 is 0. The van der Waals surface area contributed by atoms with Gasteiger partial charge in [0.1, 0.15) is 0 Å². The highest BCUT2D eigenvalue weighted by Gasteiger charge is 2.12. The second-order valence-corrected chi connectivity index (χ2v) is 4.87. The van der Waals surface area contributed by atoms with Crippen molar-refractivity contribution in [3.63, 3.8) is 0 Å². The van der Waals surface area contributed by atoms with Crippen LogP contribution in [0.4, 0.5) is 4.79 Å². The van der Waals surface area contributed by atoms with Crippen LogP contribution in [0.1, 0.15) is 19.8 Å². The van der Waals surface area contributed by atoms with Crippen LogP contribution in [0.3, 0.4) is 0 Å². The first-order valence-electron chi connectivity index (χ1n) is 5.84.